The Balaban J connectivity index is 1.97. The molecular formula is C19H29N3O3. The molecule has 6 heteroatoms. The Kier molecular flexibility index (Phi) is 6.79. The lowest BCUT2D eigenvalue weighted by molar-refractivity contribution is -0.132. The van der Waals surface area contributed by atoms with Crippen LogP contribution >= 0.6 is 0 Å². The van der Waals surface area contributed by atoms with Crippen LogP contribution in [-0.2, 0) is 16.1 Å². The first-order valence-electron chi connectivity index (χ1n) is 9.01. The van der Waals surface area contributed by atoms with Gasteiger partial charge < -0.3 is 14.5 Å². The molecule has 0 aliphatic carbocycles. The van der Waals surface area contributed by atoms with Gasteiger partial charge in [-0.05, 0) is 52.2 Å². The second kappa shape index (κ2) is 8.83. The molecule has 2 amide bonds. The van der Waals surface area contributed by atoms with Gasteiger partial charge in [0.25, 0.3) is 0 Å². The quantitative estimate of drug-likeness (QED) is 0.820. The molecule has 0 bridgehead atoms. The van der Waals surface area contributed by atoms with E-state index in [-0.39, 0.29) is 5.91 Å². The number of hydrogen-bond acceptors (Lipinski definition) is 4. The number of nitrogens with zero attached hydrogens (tertiary/aromatic N) is 3. The molecule has 1 aliphatic rings. The molecule has 1 fully saturated rings. The van der Waals surface area contributed by atoms with E-state index in [4.69, 9.17) is 4.74 Å². The normalized spacial score (nSPS) is 14.9. The fourth-order valence-electron chi connectivity index (χ4n) is 2.78. The van der Waals surface area contributed by atoms with Gasteiger partial charge in [0.05, 0.1) is 12.2 Å². The van der Waals surface area contributed by atoms with Crippen LogP contribution in [0.2, 0.25) is 0 Å². The van der Waals surface area contributed by atoms with Crippen LogP contribution in [0.4, 0.5) is 4.79 Å². The average molecular weight is 347 g/mol. The largest absolute Gasteiger partial charge is 0.444 e. The number of piperidine rings is 1. The zero-order valence-electron chi connectivity index (χ0n) is 15.5. The highest BCUT2D eigenvalue weighted by Gasteiger charge is 2.24. The molecule has 0 atom stereocenters. The summed E-state index contributed by atoms with van der Waals surface area (Å²) >= 11 is 0. The second-order valence-electron chi connectivity index (χ2n) is 7.41. The summed E-state index contributed by atoms with van der Waals surface area (Å²) in [5.74, 6) is 0.106. The molecular weight excluding hydrogens is 318 g/mol. The van der Waals surface area contributed by atoms with E-state index in [9.17, 15) is 9.59 Å². The monoisotopic (exact) mass is 347 g/mol. The SMILES string of the molecule is CC(C)(C)OC(=O)N(CCC(=O)N1CCCCC1)Cc1ccccn1. The Morgan fingerprint density at radius 3 is 2.52 bits per heavy atom. The van der Waals surface area contributed by atoms with Crippen LogP contribution in [0.25, 0.3) is 0 Å². The number of carbonyl (C=O) groups is 2. The van der Waals surface area contributed by atoms with Gasteiger partial charge in [-0.15, -0.1) is 0 Å². The van der Waals surface area contributed by atoms with Crippen LogP contribution in [0.1, 0.15) is 52.1 Å². The summed E-state index contributed by atoms with van der Waals surface area (Å²) in [6, 6.07) is 5.58. The minimum atomic E-state index is -0.573. The highest BCUT2D eigenvalue weighted by Crippen LogP contribution is 2.14. The van der Waals surface area contributed by atoms with Gasteiger partial charge in [-0.2, -0.15) is 0 Å². The van der Waals surface area contributed by atoms with Gasteiger partial charge >= 0.3 is 6.09 Å². The third-order valence-corrected chi connectivity index (χ3v) is 4.04. The molecule has 1 saturated heterocycles. The van der Waals surface area contributed by atoms with E-state index in [0.29, 0.717) is 19.5 Å². The number of amides is 2. The summed E-state index contributed by atoms with van der Waals surface area (Å²) in [7, 11) is 0. The third kappa shape index (κ3) is 6.72. The molecule has 1 aliphatic heterocycles. The molecule has 0 aromatic carbocycles. The zero-order valence-corrected chi connectivity index (χ0v) is 15.5. The van der Waals surface area contributed by atoms with Crippen LogP contribution in [0.3, 0.4) is 0 Å². The van der Waals surface area contributed by atoms with Gasteiger partial charge in [0.2, 0.25) is 5.91 Å². The van der Waals surface area contributed by atoms with E-state index in [1.807, 2.05) is 43.9 Å². The van der Waals surface area contributed by atoms with Crippen molar-refractivity contribution >= 4 is 12.0 Å². The highest BCUT2D eigenvalue weighted by molar-refractivity contribution is 5.77. The Morgan fingerprint density at radius 1 is 1.20 bits per heavy atom. The number of pyridine rings is 1. The first kappa shape index (κ1) is 19.2. The van der Waals surface area contributed by atoms with Crippen LogP contribution in [0.15, 0.2) is 24.4 Å². The molecule has 0 unspecified atom stereocenters. The van der Waals surface area contributed by atoms with Crippen molar-refractivity contribution in [2.24, 2.45) is 0 Å². The van der Waals surface area contributed by atoms with E-state index in [1.54, 1.807) is 11.1 Å². The number of aromatic nitrogens is 1. The smallest absolute Gasteiger partial charge is 0.410 e. The van der Waals surface area contributed by atoms with Crippen molar-refractivity contribution in [3.05, 3.63) is 30.1 Å². The lowest BCUT2D eigenvalue weighted by atomic mass is 10.1. The lowest BCUT2D eigenvalue weighted by Gasteiger charge is -2.29. The number of rotatable bonds is 5. The fourth-order valence-corrected chi connectivity index (χ4v) is 2.78. The molecule has 0 radical (unpaired) electrons. The zero-order chi connectivity index (χ0) is 18.3. The molecule has 2 heterocycles. The maximum absolute atomic E-state index is 12.5. The minimum absolute atomic E-state index is 0.106. The van der Waals surface area contributed by atoms with Gasteiger partial charge in [0.1, 0.15) is 5.60 Å². The highest BCUT2D eigenvalue weighted by atomic mass is 16.6. The van der Waals surface area contributed by atoms with Gasteiger partial charge in [-0.3, -0.25) is 9.78 Å². The van der Waals surface area contributed by atoms with Crippen LogP contribution < -0.4 is 0 Å². The van der Waals surface area contributed by atoms with Crippen molar-refractivity contribution in [2.75, 3.05) is 19.6 Å². The van der Waals surface area contributed by atoms with E-state index in [2.05, 4.69) is 4.98 Å². The van der Waals surface area contributed by atoms with Gasteiger partial charge in [0, 0.05) is 32.3 Å². The maximum Gasteiger partial charge on any atom is 0.410 e. The second-order valence-corrected chi connectivity index (χ2v) is 7.41. The van der Waals surface area contributed by atoms with Crippen LogP contribution in [-0.4, -0.2) is 52.0 Å². The van der Waals surface area contributed by atoms with Crippen LogP contribution in [0, 0.1) is 0 Å². The van der Waals surface area contributed by atoms with Crippen molar-refractivity contribution in [3.63, 3.8) is 0 Å². The molecule has 1 aromatic rings. The number of likely N-dealkylation sites (tertiary alicyclic amines) is 1. The summed E-state index contributed by atoms with van der Waals surface area (Å²) in [4.78, 5) is 32.6. The van der Waals surface area contributed by atoms with Crippen molar-refractivity contribution in [1.29, 1.82) is 0 Å². The standard InChI is InChI=1S/C19H29N3O3/c1-19(2,3)25-18(24)22(15-16-9-5-6-11-20-16)14-10-17(23)21-12-7-4-8-13-21/h5-6,9,11H,4,7-8,10,12-15H2,1-3H3. The topological polar surface area (TPSA) is 62.7 Å². The Bertz CT molecular complexity index is 563. The molecule has 0 saturated carbocycles. The minimum Gasteiger partial charge on any atom is -0.444 e. The maximum atomic E-state index is 12.5. The Morgan fingerprint density at radius 2 is 1.92 bits per heavy atom. The first-order valence-corrected chi connectivity index (χ1v) is 9.01. The van der Waals surface area contributed by atoms with Crippen molar-refractivity contribution in [1.82, 2.24) is 14.8 Å². The first-order chi connectivity index (χ1) is 11.8. The summed E-state index contributed by atoms with van der Waals surface area (Å²) in [5.41, 5.74) is 0.204. The van der Waals surface area contributed by atoms with Gasteiger partial charge in [-0.25, -0.2) is 4.79 Å². The predicted molar refractivity (Wildman–Crippen MR) is 95.9 cm³/mol. The molecule has 6 nitrogen and oxygen atoms in total. The lowest BCUT2D eigenvalue weighted by Crippen LogP contribution is -2.41. The van der Waals surface area contributed by atoms with E-state index < -0.39 is 11.7 Å². The molecule has 2 rings (SSSR count). The molecule has 25 heavy (non-hydrogen) atoms. The molecule has 0 N–H and O–H groups in total. The average Bonchev–Trinajstić information content (AvgIpc) is 2.58. The summed E-state index contributed by atoms with van der Waals surface area (Å²) in [6.45, 7) is 7.83. The summed E-state index contributed by atoms with van der Waals surface area (Å²) < 4.78 is 5.48. The molecule has 138 valence electrons. The predicted octanol–water partition coefficient (Wildman–Crippen LogP) is 3.22. The fraction of sp³-hybridized carbons (Fsp3) is 0.632. The van der Waals surface area contributed by atoms with E-state index in [0.717, 1.165) is 31.6 Å². The Labute approximate surface area is 150 Å². The number of ether oxygens (including phenoxy) is 1. The van der Waals surface area contributed by atoms with Crippen LogP contribution in [0.5, 0.6) is 0 Å². The van der Waals surface area contributed by atoms with Gasteiger partial charge in [-0.1, -0.05) is 6.07 Å². The van der Waals surface area contributed by atoms with Crippen molar-refractivity contribution in [3.8, 4) is 0 Å². The van der Waals surface area contributed by atoms with Gasteiger partial charge in [0.15, 0.2) is 0 Å². The summed E-state index contributed by atoms with van der Waals surface area (Å²) in [5, 5.41) is 0. The molecule has 1 aromatic heterocycles. The Hall–Kier alpha value is -2.11. The molecule has 0 spiro atoms. The van der Waals surface area contributed by atoms with Crippen molar-refractivity contribution < 1.29 is 14.3 Å². The van der Waals surface area contributed by atoms with E-state index in [1.165, 1.54) is 6.42 Å². The van der Waals surface area contributed by atoms with Crippen molar-refractivity contribution in [2.45, 2.75) is 58.6 Å². The number of carbonyl (C=O) groups excluding carboxylic acids is 2. The van der Waals surface area contributed by atoms with E-state index >= 15 is 0 Å². The third-order valence-electron chi connectivity index (χ3n) is 4.04. The summed E-state index contributed by atoms with van der Waals surface area (Å²) in [6.07, 6.45) is 4.91. The number of hydrogen-bond donors (Lipinski definition) is 0.